The Balaban J connectivity index is 0.000000451. The molecule has 0 bridgehead atoms. The van der Waals surface area contributed by atoms with E-state index in [2.05, 4.69) is 98.5 Å². The lowest BCUT2D eigenvalue weighted by Crippen LogP contribution is -2.38. The minimum Gasteiger partial charge on any atom is -0.478 e. The minimum atomic E-state index is -2.17. The van der Waals surface area contributed by atoms with Gasteiger partial charge < -0.3 is 5.11 Å². The zero-order chi connectivity index (χ0) is 23.8. The summed E-state index contributed by atoms with van der Waals surface area (Å²) < 4.78 is -2.17. The van der Waals surface area contributed by atoms with Crippen LogP contribution < -0.4 is 0 Å². The summed E-state index contributed by atoms with van der Waals surface area (Å²) in [6, 6.07) is 22.3. The molecule has 0 saturated carbocycles. The lowest BCUT2D eigenvalue weighted by molar-refractivity contribution is -0.135. The molecule has 0 aliphatic heterocycles. The van der Waals surface area contributed by atoms with Gasteiger partial charge in [-0.15, -0.1) is 0 Å². The van der Waals surface area contributed by atoms with Crippen LogP contribution in [0.15, 0.2) is 72.8 Å². The Kier molecular flexibility index (Phi) is 10.1. The summed E-state index contributed by atoms with van der Waals surface area (Å²) in [5, 5.41) is 7.85. The first-order valence-corrected chi connectivity index (χ1v) is 11.9. The highest BCUT2D eigenvalue weighted by Crippen LogP contribution is 2.37. The van der Waals surface area contributed by atoms with E-state index in [1.807, 2.05) is 0 Å². The van der Waals surface area contributed by atoms with Gasteiger partial charge in [-0.3, -0.25) is 4.90 Å². The average Bonchev–Trinajstić information content (AvgIpc) is 2.74. The lowest BCUT2D eigenvalue weighted by atomic mass is 9.73. The molecular formula is C26H32Cl3NO2. The summed E-state index contributed by atoms with van der Waals surface area (Å²) in [4.78, 5) is 12.3. The second kappa shape index (κ2) is 12.1. The average molecular weight is 497 g/mol. The Labute approximate surface area is 207 Å². The van der Waals surface area contributed by atoms with E-state index in [0.29, 0.717) is 11.5 Å². The third-order valence-corrected chi connectivity index (χ3v) is 6.18. The SMILES string of the molecule is CC(C)(C)[C@@H]1CC=C[C@H](N(Cc2ccccc2)Cc2ccccc2)C1.O=C(O)C(Cl)(Cl)Cl. The molecule has 3 nitrogen and oxygen atoms in total. The van der Waals surface area contributed by atoms with E-state index in [-0.39, 0.29) is 0 Å². The van der Waals surface area contributed by atoms with Crippen LogP contribution in [-0.2, 0) is 17.9 Å². The number of carbonyl (C=O) groups is 1. The van der Waals surface area contributed by atoms with Gasteiger partial charge in [0.15, 0.2) is 0 Å². The molecular weight excluding hydrogens is 465 g/mol. The zero-order valence-corrected chi connectivity index (χ0v) is 21.1. The quantitative estimate of drug-likeness (QED) is 0.344. The molecule has 1 aliphatic rings. The van der Waals surface area contributed by atoms with Crippen molar-refractivity contribution in [3.8, 4) is 0 Å². The van der Waals surface area contributed by atoms with Crippen molar-refractivity contribution in [2.24, 2.45) is 11.3 Å². The van der Waals surface area contributed by atoms with E-state index >= 15 is 0 Å². The normalized spacial score (nSPS) is 18.7. The Morgan fingerprint density at radius 1 is 0.938 bits per heavy atom. The highest BCUT2D eigenvalue weighted by molar-refractivity contribution is 6.75. The summed E-state index contributed by atoms with van der Waals surface area (Å²) in [6.45, 7) is 9.15. The first-order chi connectivity index (χ1) is 15.0. The molecule has 0 radical (unpaired) electrons. The molecule has 3 rings (SSSR count). The molecule has 32 heavy (non-hydrogen) atoms. The van der Waals surface area contributed by atoms with Gasteiger partial charge in [0.05, 0.1) is 0 Å². The maximum atomic E-state index is 9.62. The second-order valence-electron chi connectivity index (χ2n) is 9.21. The lowest BCUT2D eigenvalue weighted by Gasteiger charge is -2.39. The predicted octanol–water partition coefficient (Wildman–Crippen LogP) is 7.51. The number of carboxylic acid groups (broad SMARTS) is 1. The smallest absolute Gasteiger partial charge is 0.356 e. The molecule has 2 aromatic rings. The highest BCUT2D eigenvalue weighted by atomic mass is 35.6. The van der Waals surface area contributed by atoms with E-state index in [1.165, 1.54) is 24.0 Å². The van der Waals surface area contributed by atoms with E-state index in [1.54, 1.807) is 0 Å². The summed E-state index contributed by atoms with van der Waals surface area (Å²) in [6.07, 6.45) is 7.31. The van der Waals surface area contributed by atoms with Gasteiger partial charge >= 0.3 is 5.97 Å². The summed E-state index contributed by atoms with van der Waals surface area (Å²) in [7, 11) is 0. The molecule has 0 heterocycles. The van der Waals surface area contributed by atoms with Crippen LogP contribution in [0.1, 0.15) is 44.7 Å². The Morgan fingerprint density at radius 3 is 1.75 bits per heavy atom. The van der Waals surface area contributed by atoms with Crippen LogP contribution in [0.2, 0.25) is 0 Å². The molecule has 1 N–H and O–H groups in total. The minimum absolute atomic E-state index is 0.369. The summed E-state index contributed by atoms with van der Waals surface area (Å²) in [5.74, 6) is -0.714. The molecule has 174 valence electrons. The number of benzene rings is 2. The molecule has 0 unspecified atom stereocenters. The van der Waals surface area contributed by atoms with Crippen molar-refractivity contribution in [2.45, 2.75) is 56.5 Å². The molecule has 0 saturated heterocycles. The van der Waals surface area contributed by atoms with Crippen molar-refractivity contribution < 1.29 is 9.90 Å². The van der Waals surface area contributed by atoms with E-state index < -0.39 is 9.76 Å². The summed E-state index contributed by atoms with van der Waals surface area (Å²) in [5.41, 5.74) is 3.16. The molecule has 0 amide bonds. The van der Waals surface area contributed by atoms with Crippen LogP contribution in [0, 0.1) is 11.3 Å². The van der Waals surface area contributed by atoms with Crippen LogP contribution in [0.4, 0.5) is 0 Å². The highest BCUT2D eigenvalue weighted by Gasteiger charge is 2.31. The van der Waals surface area contributed by atoms with Crippen molar-refractivity contribution >= 4 is 40.8 Å². The van der Waals surface area contributed by atoms with Crippen LogP contribution in [0.5, 0.6) is 0 Å². The fourth-order valence-corrected chi connectivity index (χ4v) is 3.77. The number of allylic oxidation sites excluding steroid dienone is 1. The molecule has 2 atom stereocenters. The Morgan fingerprint density at radius 2 is 1.38 bits per heavy atom. The number of alkyl halides is 3. The van der Waals surface area contributed by atoms with Gasteiger partial charge in [-0.25, -0.2) is 4.79 Å². The van der Waals surface area contributed by atoms with Gasteiger partial charge in [-0.05, 0) is 35.3 Å². The van der Waals surface area contributed by atoms with E-state index in [0.717, 1.165) is 19.0 Å². The van der Waals surface area contributed by atoms with Gasteiger partial charge in [0.2, 0.25) is 0 Å². The first kappa shape index (κ1) is 26.7. The maximum absolute atomic E-state index is 9.62. The fourth-order valence-electron chi connectivity index (χ4n) is 3.77. The predicted molar refractivity (Wildman–Crippen MR) is 135 cm³/mol. The largest absolute Gasteiger partial charge is 0.478 e. The third kappa shape index (κ3) is 9.15. The molecule has 0 aromatic heterocycles. The summed E-state index contributed by atoms with van der Waals surface area (Å²) >= 11 is 14.4. The van der Waals surface area contributed by atoms with Gasteiger partial charge in [0.25, 0.3) is 3.79 Å². The third-order valence-electron chi connectivity index (χ3n) is 5.70. The number of nitrogens with zero attached hydrogens (tertiary/aromatic N) is 1. The zero-order valence-electron chi connectivity index (χ0n) is 18.8. The van der Waals surface area contributed by atoms with E-state index in [9.17, 15) is 4.79 Å². The van der Waals surface area contributed by atoms with Gasteiger partial charge in [-0.2, -0.15) is 0 Å². The molecule has 2 aromatic carbocycles. The molecule has 0 fully saturated rings. The van der Waals surface area contributed by atoms with Crippen LogP contribution >= 0.6 is 34.8 Å². The van der Waals surface area contributed by atoms with Crippen LogP contribution in [-0.4, -0.2) is 25.8 Å². The van der Waals surface area contributed by atoms with Gasteiger partial charge in [0.1, 0.15) is 0 Å². The Bertz CT molecular complexity index is 817. The standard InChI is InChI=1S/C24H31N.C2HCl3O2/c1-24(2,3)22-15-10-16-23(17-22)25(18-20-11-6-4-7-12-20)19-21-13-8-5-9-14-21;3-2(4,5)1(6)7/h4-14,16,22-23H,15,17-19H2,1-3H3;(H,6,7)/t22-,23+;/m1./s1. The van der Waals surface area contributed by atoms with Crippen molar-refractivity contribution in [3.05, 3.63) is 83.9 Å². The van der Waals surface area contributed by atoms with Crippen molar-refractivity contribution in [2.75, 3.05) is 0 Å². The van der Waals surface area contributed by atoms with Crippen molar-refractivity contribution in [1.82, 2.24) is 4.90 Å². The number of hydrogen-bond donors (Lipinski definition) is 1. The van der Waals surface area contributed by atoms with E-state index in [4.69, 9.17) is 39.9 Å². The topological polar surface area (TPSA) is 40.5 Å². The number of aliphatic carboxylic acids is 1. The van der Waals surface area contributed by atoms with Gasteiger partial charge in [-0.1, -0.05) is 128 Å². The monoisotopic (exact) mass is 495 g/mol. The number of halogens is 3. The Hall–Kier alpha value is -1.52. The first-order valence-electron chi connectivity index (χ1n) is 10.8. The molecule has 6 heteroatoms. The molecule has 0 spiro atoms. The number of carboxylic acids is 1. The maximum Gasteiger partial charge on any atom is 0.356 e. The molecule has 1 aliphatic carbocycles. The number of hydrogen-bond acceptors (Lipinski definition) is 2. The van der Waals surface area contributed by atoms with Gasteiger partial charge in [0, 0.05) is 19.1 Å². The van der Waals surface area contributed by atoms with Crippen molar-refractivity contribution in [3.63, 3.8) is 0 Å². The van der Waals surface area contributed by atoms with Crippen LogP contribution in [0.3, 0.4) is 0 Å². The second-order valence-corrected chi connectivity index (χ2v) is 11.5. The van der Waals surface area contributed by atoms with Crippen LogP contribution in [0.25, 0.3) is 0 Å². The fraction of sp³-hybridized carbons (Fsp3) is 0.423. The van der Waals surface area contributed by atoms with Crippen molar-refractivity contribution in [1.29, 1.82) is 0 Å². The number of rotatable bonds is 5.